The summed E-state index contributed by atoms with van der Waals surface area (Å²) in [6, 6.07) is 9.66. The SMILES string of the molecule is O=C1C(=Cc2cc3c(cc2Br)OCO3)SC(=S)N1Cc1ccc(F)cc1. The lowest BCUT2D eigenvalue weighted by atomic mass is 10.1. The van der Waals surface area contributed by atoms with Crippen molar-refractivity contribution >= 4 is 56.2 Å². The van der Waals surface area contributed by atoms with Gasteiger partial charge >= 0.3 is 0 Å². The molecule has 0 radical (unpaired) electrons. The average Bonchev–Trinajstić information content (AvgIpc) is 3.16. The van der Waals surface area contributed by atoms with Crippen LogP contribution >= 0.6 is 39.9 Å². The molecule has 1 saturated heterocycles. The summed E-state index contributed by atoms with van der Waals surface area (Å²) < 4.78 is 25.0. The second-order valence-electron chi connectivity index (χ2n) is 5.62. The van der Waals surface area contributed by atoms with Gasteiger partial charge in [-0.3, -0.25) is 9.69 Å². The van der Waals surface area contributed by atoms with Crippen molar-refractivity contribution in [3.8, 4) is 11.5 Å². The minimum atomic E-state index is -0.313. The third-order valence-corrected chi connectivity index (χ3v) is 5.97. The maximum absolute atomic E-state index is 13.0. The Morgan fingerprint density at radius 1 is 1.23 bits per heavy atom. The Morgan fingerprint density at radius 2 is 1.92 bits per heavy atom. The van der Waals surface area contributed by atoms with Gasteiger partial charge in [-0.1, -0.05) is 52.0 Å². The number of hydrogen-bond acceptors (Lipinski definition) is 5. The number of nitrogens with zero attached hydrogens (tertiary/aromatic N) is 1. The van der Waals surface area contributed by atoms with Gasteiger partial charge in [0.2, 0.25) is 6.79 Å². The molecule has 2 aromatic carbocycles. The summed E-state index contributed by atoms with van der Waals surface area (Å²) in [5, 5.41) is 0. The van der Waals surface area contributed by atoms with Crippen LogP contribution < -0.4 is 9.47 Å². The highest BCUT2D eigenvalue weighted by Crippen LogP contribution is 2.40. The Morgan fingerprint density at radius 3 is 2.65 bits per heavy atom. The van der Waals surface area contributed by atoms with Gasteiger partial charge in [0.25, 0.3) is 5.91 Å². The molecule has 0 bridgehead atoms. The highest BCUT2D eigenvalue weighted by molar-refractivity contribution is 9.10. The fourth-order valence-electron chi connectivity index (χ4n) is 2.59. The number of hydrogen-bond donors (Lipinski definition) is 0. The molecule has 2 aliphatic rings. The molecule has 132 valence electrons. The molecule has 4 nitrogen and oxygen atoms in total. The molecule has 0 unspecified atom stereocenters. The molecular weight excluding hydrogens is 441 g/mol. The van der Waals surface area contributed by atoms with E-state index < -0.39 is 0 Å². The largest absolute Gasteiger partial charge is 0.454 e. The van der Waals surface area contributed by atoms with Crippen molar-refractivity contribution in [1.29, 1.82) is 0 Å². The third-order valence-electron chi connectivity index (χ3n) is 3.91. The number of carbonyl (C=O) groups excluding carboxylic acids is 1. The van der Waals surface area contributed by atoms with E-state index >= 15 is 0 Å². The first-order valence-electron chi connectivity index (χ1n) is 7.60. The highest BCUT2D eigenvalue weighted by atomic mass is 79.9. The molecule has 1 fully saturated rings. The van der Waals surface area contributed by atoms with Crippen LogP contribution in [-0.2, 0) is 11.3 Å². The minimum Gasteiger partial charge on any atom is -0.454 e. The molecular formula is C18H11BrFNO3S2. The van der Waals surface area contributed by atoms with E-state index in [0.29, 0.717) is 27.3 Å². The van der Waals surface area contributed by atoms with Gasteiger partial charge in [0.15, 0.2) is 11.5 Å². The van der Waals surface area contributed by atoms with Gasteiger partial charge in [0.05, 0.1) is 11.4 Å². The Kier molecular flexibility index (Phi) is 4.73. The van der Waals surface area contributed by atoms with Crippen molar-refractivity contribution in [3.63, 3.8) is 0 Å². The van der Waals surface area contributed by atoms with Gasteiger partial charge in [-0.2, -0.15) is 0 Å². The fourth-order valence-corrected chi connectivity index (χ4v) is 4.28. The van der Waals surface area contributed by atoms with Crippen molar-refractivity contribution < 1.29 is 18.7 Å². The van der Waals surface area contributed by atoms with E-state index in [1.807, 2.05) is 12.1 Å². The fraction of sp³-hybridized carbons (Fsp3) is 0.111. The number of benzene rings is 2. The Labute approximate surface area is 167 Å². The third kappa shape index (κ3) is 3.36. The van der Waals surface area contributed by atoms with E-state index in [1.54, 1.807) is 18.2 Å². The number of ether oxygens (including phenoxy) is 2. The number of thioether (sulfide) groups is 1. The summed E-state index contributed by atoms with van der Waals surface area (Å²) in [5.74, 6) is 0.819. The smallest absolute Gasteiger partial charge is 0.266 e. The maximum atomic E-state index is 13.0. The zero-order valence-electron chi connectivity index (χ0n) is 13.2. The van der Waals surface area contributed by atoms with E-state index in [2.05, 4.69) is 15.9 Å². The molecule has 0 aliphatic carbocycles. The van der Waals surface area contributed by atoms with E-state index in [0.717, 1.165) is 15.6 Å². The van der Waals surface area contributed by atoms with Crippen LogP contribution in [0.4, 0.5) is 4.39 Å². The standard InChI is InChI=1S/C18H11BrFNO3S2/c19-13-7-15-14(23-9-24-15)5-11(13)6-16-17(22)21(18(25)26-16)8-10-1-3-12(20)4-2-10/h1-7H,8-9H2. The zero-order chi connectivity index (χ0) is 18.3. The zero-order valence-corrected chi connectivity index (χ0v) is 16.4. The Balaban J connectivity index is 1.59. The molecule has 0 atom stereocenters. The van der Waals surface area contributed by atoms with Crippen LogP contribution in [0, 0.1) is 5.82 Å². The van der Waals surface area contributed by atoms with Crippen molar-refractivity contribution in [2.24, 2.45) is 0 Å². The summed E-state index contributed by atoms with van der Waals surface area (Å²) in [4.78, 5) is 14.8. The van der Waals surface area contributed by atoms with Crippen LogP contribution in [0.25, 0.3) is 6.08 Å². The average molecular weight is 452 g/mol. The number of halogens is 2. The van der Waals surface area contributed by atoms with Gasteiger partial charge in [0, 0.05) is 4.47 Å². The van der Waals surface area contributed by atoms with Gasteiger partial charge in [-0.25, -0.2) is 4.39 Å². The minimum absolute atomic E-state index is 0.172. The number of thiocarbonyl (C=S) groups is 1. The summed E-state index contributed by atoms with van der Waals surface area (Å²) >= 11 is 10.1. The first-order valence-corrected chi connectivity index (χ1v) is 9.62. The lowest BCUT2D eigenvalue weighted by molar-refractivity contribution is -0.122. The summed E-state index contributed by atoms with van der Waals surface area (Å²) in [6.07, 6.45) is 1.77. The highest BCUT2D eigenvalue weighted by Gasteiger charge is 2.32. The number of fused-ring (bicyclic) bond motifs is 1. The van der Waals surface area contributed by atoms with Gasteiger partial charge in [0.1, 0.15) is 10.1 Å². The molecule has 8 heteroatoms. The van der Waals surface area contributed by atoms with E-state index in [-0.39, 0.29) is 18.5 Å². The molecule has 0 N–H and O–H groups in total. The lowest BCUT2D eigenvalue weighted by Crippen LogP contribution is -2.27. The quantitative estimate of drug-likeness (QED) is 0.498. The number of carbonyl (C=O) groups is 1. The molecule has 2 heterocycles. The number of rotatable bonds is 3. The molecule has 4 rings (SSSR count). The van der Waals surface area contributed by atoms with Crippen LogP contribution in [0.1, 0.15) is 11.1 Å². The van der Waals surface area contributed by atoms with Crippen LogP contribution in [0.3, 0.4) is 0 Å². The van der Waals surface area contributed by atoms with E-state index in [9.17, 15) is 9.18 Å². The van der Waals surface area contributed by atoms with Crippen LogP contribution in [0.5, 0.6) is 11.5 Å². The summed E-state index contributed by atoms with van der Waals surface area (Å²) in [7, 11) is 0. The molecule has 1 amide bonds. The van der Waals surface area contributed by atoms with Gasteiger partial charge in [-0.05, 0) is 41.5 Å². The van der Waals surface area contributed by atoms with Gasteiger partial charge in [-0.15, -0.1) is 0 Å². The molecule has 26 heavy (non-hydrogen) atoms. The van der Waals surface area contributed by atoms with Crippen molar-refractivity contribution in [3.05, 3.63) is 62.7 Å². The normalized spacial score (nSPS) is 17.5. The predicted molar refractivity (Wildman–Crippen MR) is 105 cm³/mol. The molecule has 0 saturated carbocycles. The summed E-state index contributed by atoms with van der Waals surface area (Å²) in [6.45, 7) is 0.496. The van der Waals surface area contributed by atoms with Gasteiger partial charge < -0.3 is 9.47 Å². The summed E-state index contributed by atoms with van der Waals surface area (Å²) in [5.41, 5.74) is 1.62. The van der Waals surface area contributed by atoms with E-state index in [4.69, 9.17) is 21.7 Å². The van der Waals surface area contributed by atoms with Crippen LogP contribution in [0.2, 0.25) is 0 Å². The first-order chi connectivity index (χ1) is 12.5. The topological polar surface area (TPSA) is 38.8 Å². The molecule has 0 aromatic heterocycles. The van der Waals surface area contributed by atoms with Crippen LogP contribution in [0.15, 0.2) is 45.8 Å². The lowest BCUT2D eigenvalue weighted by Gasteiger charge is -2.14. The number of amides is 1. The maximum Gasteiger partial charge on any atom is 0.266 e. The van der Waals surface area contributed by atoms with Crippen molar-refractivity contribution in [1.82, 2.24) is 4.90 Å². The van der Waals surface area contributed by atoms with Crippen LogP contribution in [-0.4, -0.2) is 21.9 Å². The van der Waals surface area contributed by atoms with Crippen molar-refractivity contribution in [2.75, 3.05) is 6.79 Å². The second-order valence-corrected chi connectivity index (χ2v) is 8.15. The molecule has 2 aliphatic heterocycles. The Hall–Kier alpha value is -1.90. The Bertz CT molecular complexity index is 946. The molecule has 2 aromatic rings. The van der Waals surface area contributed by atoms with E-state index in [1.165, 1.54) is 28.8 Å². The monoisotopic (exact) mass is 451 g/mol. The van der Waals surface area contributed by atoms with Crippen molar-refractivity contribution in [2.45, 2.75) is 6.54 Å². The second kappa shape index (κ2) is 7.02. The first kappa shape index (κ1) is 17.5. The molecule has 0 spiro atoms. The predicted octanol–water partition coefficient (Wildman–Crippen LogP) is 4.72.